The third kappa shape index (κ3) is 4.16. The van der Waals surface area contributed by atoms with E-state index in [0.29, 0.717) is 12.1 Å². The number of rotatable bonds is 6. The summed E-state index contributed by atoms with van der Waals surface area (Å²) in [6.45, 7) is 0.702. The average molecular weight is 304 g/mol. The molecule has 0 spiro atoms. The van der Waals surface area contributed by atoms with Crippen LogP contribution in [-0.4, -0.2) is 18.6 Å². The van der Waals surface area contributed by atoms with Gasteiger partial charge in [0.2, 0.25) is 0 Å². The Morgan fingerprint density at radius 1 is 1.24 bits per heavy atom. The largest absolute Gasteiger partial charge is 0.497 e. The molecule has 0 saturated carbocycles. The van der Waals surface area contributed by atoms with E-state index in [1.165, 1.54) is 17.7 Å². The van der Waals surface area contributed by atoms with Gasteiger partial charge in [-0.25, -0.2) is 4.39 Å². The molecule has 3 N–H and O–H groups in total. The van der Waals surface area contributed by atoms with Gasteiger partial charge in [-0.2, -0.15) is 0 Å². The Morgan fingerprint density at radius 2 is 1.95 bits per heavy atom. The Hall–Kier alpha value is -2.14. The van der Waals surface area contributed by atoms with Gasteiger partial charge < -0.3 is 15.8 Å². The summed E-state index contributed by atoms with van der Waals surface area (Å²) in [4.78, 5) is 0.182. The molecule has 0 aliphatic rings. The first-order valence-electron chi connectivity index (χ1n) is 6.56. The number of benzene rings is 2. The molecule has 0 amide bonds. The first-order chi connectivity index (χ1) is 10.1. The molecule has 21 heavy (non-hydrogen) atoms. The highest BCUT2D eigenvalue weighted by Crippen LogP contribution is 2.17. The minimum Gasteiger partial charge on any atom is -0.497 e. The molecule has 2 aromatic rings. The van der Waals surface area contributed by atoms with E-state index in [0.717, 1.165) is 17.9 Å². The Labute approximate surface area is 128 Å². The van der Waals surface area contributed by atoms with Crippen LogP contribution in [0.2, 0.25) is 0 Å². The monoisotopic (exact) mass is 304 g/mol. The average Bonchev–Trinajstić information content (AvgIpc) is 2.49. The SMILES string of the molecule is COc1ccc(CCNc2ccc(F)cc2C(N)=S)cc1. The highest BCUT2D eigenvalue weighted by molar-refractivity contribution is 7.80. The fourth-order valence-corrected chi connectivity index (χ4v) is 2.18. The molecule has 0 aliphatic carbocycles. The van der Waals surface area contributed by atoms with Crippen molar-refractivity contribution in [1.82, 2.24) is 0 Å². The van der Waals surface area contributed by atoms with E-state index in [4.69, 9.17) is 22.7 Å². The van der Waals surface area contributed by atoms with Crippen LogP contribution in [0.15, 0.2) is 42.5 Å². The van der Waals surface area contributed by atoms with E-state index in [1.807, 2.05) is 24.3 Å². The van der Waals surface area contributed by atoms with Crippen LogP contribution in [0.25, 0.3) is 0 Å². The van der Waals surface area contributed by atoms with E-state index >= 15 is 0 Å². The van der Waals surface area contributed by atoms with Gasteiger partial charge in [0.15, 0.2) is 0 Å². The van der Waals surface area contributed by atoms with Gasteiger partial charge in [-0.1, -0.05) is 24.4 Å². The van der Waals surface area contributed by atoms with Crippen molar-refractivity contribution in [3.05, 3.63) is 59.4 Å². The summed E-state index contributed by atoms with van der Waals surface area (Å²) >= 11 is 4.94. The fraction of sp³-hybridized carbons (Fsp3) is 0.188. The van der Waals surface area contributed by atoms with Crippen LogP contribution in [0.5, 0.6) is 5.75 Å². The molecule has 0 aromatic heterocycles. The third-order valence-corrected chi connectivity index (χ3v) is 3.36. The molecule has 0 heterocycles. The Bertz CT molecular complexity index is 629. The van der Waals surface area contributed by atoms with E-state index < -0.39 is 0 Å². The van der Waals surface area contributed by atoms with Crippen LogP contribution < -0.4 is 15.8 Å². The maximum absolute atomic E-state index is 13.2. The topological polar surface area (TPSA) is 47.3 Å². The smallest absolute Gasteiger partial charge is 0.124 e. The molecule has 0 unspecified atom stereocenters. The van der Waals surface area contributed by atoms with Crippen molar-refractivity contribution in [2.45, 2.75) is 6.42 Å². The zero-order chi connectivity index (χ0) is 15.2. The first kappa shape index (κ1) is 15.3. The fourth-order valence-electron chi connectivity index (χ4n) is 2.01. The number of ether oxygens (including phenoxy) is 1. The van der Waals surface area contributed by atoms with Crippen LogP contribution in [0, 0.1) is 5.82 Å². The van der Waals surface area contributed by atoms with E-state index in [1.54, 1.807) is 13.2 Å². The molecule has 2 rings (SSSR count). The summed E-state index contributed by atoms with van der Waals surface area (Å²) in [5, 5.41) is 3.23. The number of hydrogen-bond acceptors (Lipinski definition) is 3. The zero-order valence-corrected chi connectivity index (χ0v) is 12.5. The maximum atomic E-state index is 13.2. The summed E-state index contributed by atoms with van der Waals surface area (Å²) in [6.07, 6.45) is 0.831. The van der Waals surface area contributed by atoms with Gasteiger partial charge >= 0.3 is 0 Å². The minimum atomic E-state index is -0.349. The predicted octanol–water partition coefficient (Wildman–Crippen LogP) is 3.12. The van der Waals surface area contributed by atoms with Gasteiger partial charge in [-0.3, -0.25) is 0 Å². The Morgan fingerprint density at radius 3 is 2.57 bits per heavy atom. The van der Waals surface area contributed by atoms with Crippen LogP contribution in [0.3, 0.4) is 0 Å². The second-order valence-corrected chi connectivity index (χ2v) is 5.02. The van der Waals surface area contributed by atoms with Crippen molar-refractivity contribution >= 4 is 22.9 Å². The van der Waals surface area contributed by atoms with Crippen LogP contribution in [0.4, 0.5) is 10.1 Å². The van der Waals surface area contributed by atoms with Crippen molar-refractivity contribution in [3.63, 3.8) is 0 Å². The highest BCUT2D eigenvalue weighted by atomic mass is 32.1. The van der Waals surface area contributed by atoms with E-state index in [9.17, 15) is 4.39 Å². The van der Waals surface area contributed by atoms with E-state index in [-0.39, 0.29) is 10.8 Å². The number of anilines is 1. The second kappa shape index (κ2) is 7.04. The lowest BCUT2D eigenvalue weighted by Gasteiger charge is -2.11. The summed E-state index contributed by atoms with van der Waals surface area (Å²) in [5.74, 6) is 0.486. The van der Waals surface area contributed by atoms with Gasteiger partial charge in [0.25, 0.3) is 0 Å². The van der Waals surface area contributed by atoms with Crippen LogP contribution in [0.1, 0.15) is 11.1 Å². The quantitative estimate of drug-likeness (QED) is 0.805. The highest BCUT2D eigenvalue weighted by Gasteiger charge is 2.06. The minimum absolute atomic E-state index is 0.182. The normalized spacial score (nSPS) is 10.2. The molecule has 0 atom stereocenters. The standard InChI is InChI=1S/C16H17FN2OS/c1-20-13-5-2-11(3-6-13)8-9-19-15-7-4-12(17)10-14(15)16(18)21/h2-7,10,19H,8-9H2,1H3,(H2,18,21). The number of hydrogen-bond donors (Lipinski definition) is 2. The summed E-state index contributed by atoms with van der Waals surface area (Å²) in [6, 6.07) is 12.3. The van der Waals surface area contributed by atoms with Gasteiger partial charge in [0.05, 0.1) is 7.11 Å². The predicted molar refractivity (Wildman–Crippen MR) is 87.5 cm³/mol. The van der Waals surface area contributed by atoms with Crippen molar-refractivity contribution in [2.24, 2.45) is 5.73 Å². The summed E-state index contributed by atoms with van der Waals surface area (Å²) in [5.41, 5.74) is 8.07. The van der Waals surface area contributed by atoms with Crippen LogP contribution in [-0.2, 0) is 6.42 Å². The lowest BCUT2D eigenvalue weighted by atomic mass is 10.1. The summed E-state index contributed by atoms with van der Waals surface area (Å²) < 4.78 is 18.3. The molecule has 0 fully saturated rings. The number of halogens is 1. The summed E-state index contributed by atoms with van der Waals surface area (Å²) in [7, 11) is 1.64. The first-order valence-corrected chi connectivity index (χ1v) is 6.97. The number of thiocarbonyl (C=S) groups is 1. The van der Waals surface area contributed by atoms with Crippen LogP contribution >= 0.6 is 12.2 Å². The van der Waals surface area contributed by atoms with Gasteiger partial charge in [-0.15, -0.1) is 0 Å². The van der Waals surface area contributed by atoms with Crippen molar-refractivity contribution in [3.8, 4) is 5.75 Å². The van der Waals surface area contributed by atoms with Gasteiger partial charge in [0.1, 0.15) is 16.6 Å². The molecule has 0 bridgehead atoms. The Balaban J connectivity index is 1.98. The van der Waals surface area contributed by atoms with Gasteiger partial charge in [-0.05, 0) is 42.3 Å². The maximum Gasteiger partial charge on any atom is 0.124 e. The molecule has 0 radical (unpaired) electrons. The van der Waals surface area contributed by atoms with Crippen molar-refractivity contribution in [2.75, 3.05) is 19.0 Å². The number of methoxy groups -OCH3 is 1. The lowest BCUT2D eigenvalue weighted by Crippen LogP contribution is -2.15. The number of nitrogens with one attached hydrogen (secondary N) is 1. The van der Waals surface area contributed by atoms with E-state index in [2.05, 4.69) is 5.32 Å². The molecule has 0 saturated heterocycles. The molecule has 5 heteroatoms. The van der Waals surface area contributed by atoms with Crippen molar-refractivity contribution < 1.29 is 9.13 Å². The number of nitrogens with two attached hydrogens (primary N) is 1. The molecule has 0 aliphatic heterocycles. The molecule has 110 valence electrons. The Kier molecular flexibility index (Phi) is 5.11. The molecule has 3 nitrogen and oxygen atoms in total. The van der Waals surface area contributed by atoms with Crippen molar-refractivity contribution in [1.29, 1.82) is 0 Å². The molecule has 2 aromatic carbocycles. The molecular weight excluding hydrogens is 287 g/mol. The second-order valence-electron chi connectivity index (χ2n) is 4.58. The lowest BCUT2D eigenvalue weighted by molar-refractivity contribution is 0.414. The molecular formula is C16H17FN2OS. The zero-order valence-electron chi connectivity index (χ0n) is 11.7. The third-order valence-electron chi connectivity index (χ3n) is 3.14. The van der Waals surface area contributed by atoms with Gasteiger partial charge in [0, 0.05) is 17.8 Å².